The van der Waals surface area contributed by atoms with Crippen molar-refractivity contribution in [1.29, 1.82) is 0 Å². The van der Waals surface area contributed by atoms with Gasteiger partial charge in [0.15, 0.2) is 5.96 Å². The Labute approximate surface area is 176 Å². The molecule has 0 unspecified atom stereocenters. The normalized spacial score (nSPS) is 15.7. The van der Waals surface area contributed by atoms with Gasteiger partial charge in [-0.2, -0.15) is 0 Å². The van der Waals surface area contributed by atoms with Crippen molar-refractivity contribution in [1.82, 2.24) is 10.6 Å². The molecule has 7 heteroatoms. The summed E-state index contributed by atoms with van der Waals surface area (Å²) in [5, 5.41) is 6.75. The molecule has 142 valence electrons. The number of rotatable bonds is 9. The van der Waals surface area contributed by atoms with Crippen molar-refractivity contribution in [3.63, 3.8) is 0 Å². The van der Waals surface area contributed by atoms with E-state index in [9.17, 15) is 0 Å². The SMILES string of the molecule is CN=C(NCCOc1ccc(Br)cc1)NCC1(CCOC)CCC1.I. The van der Waals surface area contributed by atoms with Crippen molar-refractivity contribution in [3.05, 3.63) is 28.7 Å². The lowest BCUT2D eigenvalue weighted by Gasteiger charge is -2.42. The highest BCUT2D eigenvalue weighted by Gasteiger charge is 2.36. The molecule has 1 aliphatic rings. The summed E-state index contributed by atoms with van der Waals surface area (Å²) in [7, 11) is 3.57. The second-order valence-electron chi connectivity index (χ2n) is 6.25. The fraction of sp³-hybridized carbons (Fsp3) is 0.611. The molecule has 1 aromatic rings. The van der Waals surface area contributed by atoms with Crippen molar-refractivity contribution in [3.8, 4) is 5.75 Å². The monoisotopic (exact) mass is 525 g/mol. The summed E-state index contributed by atoms with van der Waals surface area (Å²) in [5.41, 5.74) is 0.377. The summed E-state index contributed by atoms with van der Waals surface area (Å²) in [6.07, 6.45) is 4.97. The first-order valence-corrected chi connectivity index (χ1v) is 9.29. The van der Waals surface area contributed by atoms with Crippen LogP contribution < -0.4 is 15.4 Å². The lowest BCUT2D eigenvalue weighted by Crippen LogP contribution is -2.47. The summed E-state index contributed by atoms with van der Waals surface area (Å²) < 4.78 is 12.0. The maximum Gasteiger partial charge on any atom is 0.191 e. The summed E-state index contributed by atoms with van der Waals surface area (Å²) in [4.78, 5) is 4.29. The first-order chi connectivity index (χ1) is 11.7. The maximum atomic E-state index is 5.70. The van der Waals surface area contributed by atoms with Crippen molar-refractivity contribution in [2.75, 3.05) is 40.5 Å². The lowest BCUT2D eigenvalue weighted by atomic mass is 9.67. The number of guanidine groups is 1. The molecule has 0 aromatic heterocycles. The molecule has 25 heavy (non-hydrogen) atoms. The Morgan fingerprint density at radius 1 is 1.20 bits per heavy atom. The van der Waals surface area contributed by atoms with E-state index in [4.69, 9.17) is 9.47 Å². The van der Waals surface area contributed by atoms with E-state index < -0.39 is 0 Å². The molecule has 0 amide bonds. The third kappa shape index (κ3) is 7.70. The molecule has 2 rings (SSSR count). The molecular weight excluding hydrogens is 497 g/mol. The van der Waals surface area contributed by atoms with Crippen LogP contribution in [0.1, 0.15) is 25.7 Å². The van der Waals surface area contributed by atoms with Crippen LogP contribution in [0.3, 0.4) is 0 Å². The molecule has 0 bridgehead atoms. The summed E-state index contributed by atoms with van der Waals surface area (Å²) >= 11 is 3.42. The molecule has 0 aliphatic heterocycles. The molecule has 1 aliphatic carbocycles. The van der Waals surface area contributed by atoms with E-state index >= 15 is 0 Å². The van der Waals surface area contributed by atoms with Gasteiger partial charge in [0.25, 0.3) is 0 Å². The number of benzene rings is 1. The van der Waals surface area contributed by atoms with Gasteiger partial charge in [-0.3, -0.25) is 4.99 Å². The van der Waals surface area contributed by atoms with Crippen LogP contribution in [-0.2, 0) is 4.74 Å². The zero-order valence-corrected chi connectivity index (χ0v) is 18.9. The highest BCUT2D eigenvalue weighted by atomic mass is 127. The smallest absolute Gasteiger partial charge is 0.191 e. The van der Waals surface area contributed by atoms with Crippen LogP contribution in [0.4, 0.5) is 0 Å². The summed E-state index contributed by atoms with van der Waals surface area (Å²) in [6, 6.07) is 7.85. The Hall–Kier alpha value is -0.540. The highest BCUT2D eigenvalue weighted by Crippen LogP contribution is 2.43. The molecule has 0 saturated heterocycles. The average molecular weight is 526 g/mol. The van der Waals surface area contributed by atoms with Gasteiger partial charge in [-0.15, -0.1) is 24.0 Å². The molecule has 5 nitrogen and oxygen atoms in total. The number of halogens is 2. The third-order valence-electron chi connectivity index (χ3n) is 4.58. The van der Waals surface area contributed by atoms with Crippen molar-refractivity contribution >= 4 is 45.9 Å². The quantitative estimate of drug-likeness (QED) is 0.223. The van der Waals surface area contributed by atoms with Crippen LogP contribution in [0.2, 0.25) is 0 Å². The van der Waals surface area contributed by atoms with Gasteiger partial charge in [-0.05, 0) is 48.9 Å². The zero-order chi connectivity index (χ0) is 17.3. The standard InChI is InChI=1S/C18H28BrN3O2.HI/c1-20-17(22-14-18(8-3-9-18)10-12-23-2)21-11-13-24-16-6-4-15(19)5-7-16;/h4-7H,3,8-14H2,1-2H3,(H2,20,21,22);1H. The Balaban J connectivity index is 0.00000312. The number of methoxy groups -OCH3 is 1. The van der Waals surface area contributed by atoms with E-state index in [1.54, 1.807) is 14.2 Å². The zero-order valence-electron chi connectivity index (χ0n) is 15.0. The minimum absolute atomic E-state index is 0. The van der Waals surface area contributed by atoms with Crippen LogP contribution in [0.5, 0.6) is 5.75 Å². The molecule has 2 N–H and O–H groups in total. The summed E-state index contributed by atoms with van der Waals surface area (Å²) in [6.45, 7) is 3.08. The van der Waals surface area contributed by atoms with E-state index in [1.807, 2.05) is 24.3 Å². The third-order valence-corrected chi connectivity index (χ3v) is 5.11. The topological polar surface area (TPSA) is 54.9 Å². The van der Waals surface area contributed by atoms with Gasteiger partial charge in [-0.25, -0.2) is 0 Å². The van der Waals surface area contributed by atoms with Crippen LogP contribution in [0.25, 0.3) is 0 Å². The largest absolute Gasteiger partial charge is 0.492 e. The minimum atomic E-state index is 0. The van der Waals surface area contributed by atoms with Gasteiger partial charge < -0.3 is 20.1 Å². The molecular formula is C18H29BrIN3O2. The highest BCUT2D eigenvalue weighted by molar-refractivity contribution is 14.0. The molecule has 1 aromatic carbocycles. The Kier molecular flexibility index (Phi) is 10.8. The van der Waals surface area contributed by atoms with Crippen molar-refractivity contribution in [2.45, 2.75) is 25.7 Å². The van der Waals surface area contributed by atoms with Crippen molar-refractivity contribution in [2.24, 2.45) is 10.4 Å². The van der Waals surface area contributed by atoms with Crippen LogP contribution in [0, 0.1) is 5.41 Å². The first-order valence-electron chi connectivity index (χ1n) is 8.49. The number of hydrogen-bond acceptors (Lipinski definition) is 3. The molecule has 0 spiro atoms. The predicted molar refractivity (Wildman–Crippen MR) is 117 cm³/mol. The Bertz CT molecular complexity index is 522. The van der Waals surface area contributed by atoms with Gasteiger partial charge in [0.05, 0.1) is 6.54 Å². The minimum Gasteiger partial charge on any atom is -0.492 e. The van der Waals surface area contributed by atoms with Gasteiger partial charge in [0, 0.05) is 31.8 Å². The van der Waals surface area contributed by atoms with E-state index in [1.165, 1.54) is 19.3 Å². The van der Waals surface area contributed by atoms with Gasteiger partial charge in [-0.1, -0.05) is 22.4 Å². The number of aliphatic imine (C=N–C) groups is 1. The number of nitrogens with zero attached hydrogens (tertiary/aromatic N) is 1. The van der Waals surface area contributed by atoms with E-state index in [0.29, 0.717) is 18.6 Å². The van der Waals surface area contributed by atoms with Crippen LogP contribution >= 0.6 is 39.9 Å². The maximum absolute atomic E-state index is 5.70. The average Bonchev–Trinajstić information content (AvgIpc) is 2.57. The molecule has 0 atom stereocenters. The lowest BCUT2D eigenvalue weighted by molar-refractivity contribution is 0.0732. The van der Waals surface area contributed by atoms with Crippen LogP contribution in [-0.4, -0.2) is 46.4 Å². The van der Waals surface area contributed by atoms with Gasteiger partial charge >= 0.3 is 0 Å². The second kappa shape index (κ2) is 12.0. The predicted octanol–water partition coefficient (Wildman–Crippen LogP) is 3.82. The Morgan fingerprint density at radius 3 is 2.48 bits per heavy atom. The van der Waals surface area contributed by atoms with Gasteiger partial charge in [0.1, 0.15) is 12.4 Å². The fourth-order valence-corrected chi connectivity index (χ4v) is 3.14. The fourth-order valence-electron chi connectivity index (χ4n) is 2.87. The van der Waals surface area contributed by atoms with E-state index in [2.05, 4.69) is 31.6 Å². The number of hydrogen-bond donors (Lipinski definition) is 2. The van der Waals surface area contributed by atoms with Crippen LogP contribution in [0.15, 0.2) is 33.7 Å². The Morgan fingerprint density at radius 2 is 1.92 bits per heavy atom. The van der Waals surface area contributed by atoms with Crippen molar-refractivity contribution < 1.29 is 9.47 Å². The number of ether oxygens (including phenoxy) is 2. The van der Waals surface area contributed by atoms with Gasteiger partial charge in [0.2, 0.25) is 0 Å². The number of nitrogens with one attached hydrogen (secondary N) is 2. The molecule has 1 fully saturated rings. The molecule has 1 saturated carbocycles. The molecule has 0 radical (unpaired) electrons. The second-order valence-corrected chi connectivity index (χ2v) is 7.17. The molecule has 0 heterocycles. The van der Waals surface area contributed by atoms with E-state index in [-0.39, 0.29) is 24.0 Å². The van der Waals surface area contributed by atoms with E-state index in [0.717, 1.165) is 35.8 Å². The first kappa shape index (κ1) is 22.5. The summed E-state index contributed by atoms with van der Waals surface area (Å²) in [5.74, 6) is 1.70.